The van der Waals surface area contributed by atoms with Gasteiger partial charge in [0.1, 0.15) is 0 Å². The quantitative estimate of drug-likeness (QED) is 0.595. The van der Waals surface area contributed by atoms with Crippen LogP contribution in [0.25, 0.3) is 0 Å². The van der Waals surface area contributed by atoms with Gasteiger partial charge in [0, 0.05) is 23.6 Å². The Morgan fingerprint density at radius 3 is 2.64 bits per heavy atom. The fraction of sp³-hybridized carbons (Fsp3) is 0.188. The minimum atomic E-state index is -1.05. The smallest absolute Gasteiger partial charge is 0.311 e. The van der Waals surface area contributed by atoms with Gasteiger partial charge in [-0.25, -0.2) is 8.78 Å². The van der Waals surface area contributed by atoms with Gasteiger partial charge in [-0.15, -0.1) is 11.8 Å². The number of ether oxygens (including phenoxy) is 1. The number of hydrogen-bond donors (Lipinski definition) is 1. The summed E-state index contributed by atoms with van der Waals surface area (Å²) in [6.07, 6.45) is 0. The summed E-state index contributed by atoms with van der Waals surface area (Å²) in [4.78, 5) is 22.2. The minimum Gasteiger partial charge on any atom is -0.490 e. The third-order valence-electron chi connectivity index (χ3n) is 3.15. The van der Waals surface area contributed by atoms with Crippen LogP contribution < -0.4 is 10.1 Å². The van der Waals surface area contributed by atoms with Gasteiger partial charge < -0.3 is 10.1 Å². The number of nitro groups is 1. The third kappa shape index (κ3) is 5.15. The highest BCUT2D eigenvalue weighted by molar-refractivity contribution is 7.99. The van der Waals surface area contributed by atoms with Crippen molar-refractivity contribution in [1.29, 1.82) is 0 Å². The van der Waals surface area contributed by atoms with Gasteiger partial charge in [0.25, 0.3) is 0 Å². The lowest BCUT2D eigenvalue weighted by molar-refractivity contribution is -0.385. The Labute approximate surface area is 146 Å². The van der Waals surface area contributed by atoms with Crippen LogP contribution in [0.15, 0.2) is 36.4 Å². The number of carbonyl (C=O) groups excluding carboxylic acids is 1. The van der Waals surface area contributed by atoms with Crippen LogP contribution in [0.3, 0.4) is 0 Å². The molecule has 0 aromatic heterocycles. The number of nitrogens with one attached hydrogen (secondary N) is 1. The fourth-order valence-electron chi connectivity index (χ4n) is 2.00. The summed E-state index contributed by atoms with van der Waals surface area (Å²) >= 11 is 1.23. The van der Waals surface area contributed by atoms with Gasteiger partial charge in [-0.3, -0.25) is 14.9 Å². The summed E-state index contributed by atoms with van der Waals surface area (Å²) in [5.74, 6) is -1.84. The third-order valence-corrected chi connectivity index (χ3v) is 4.15. The number of halogens is 2. The Bertz CT molecular complexity index is 802. The van der Waals surface area contributed by atoms with Gasteiger partial charge in [0.15, 0.2) is 17.4 Å². The number of nitro benzene ring substituents is 1. The predicted octanol–water partition coefficient (Wildman–Crippen LogP) is 3.75. The van der Waals surface area contributed by atoms with Crippen LogP contribution in [0, 0.1) is 21.7 Å². The van der Waals surface area contributed by atoms with Gasteiger partial charge in [-0.1, -0.05) is 6.07 Å². The first kappa shape index (κ1) is 18.7. The molecule has 0 aliphatic carbocycles. The van der Waals surface area contributed by atoms with Crippen LogP contribution in [0.5, 0.6) is 5.75 Å². The number of amides is 1. The molecule has 0 aliphatic heterocycles. The molecule has 0 saturated carbocycles. The predicted molar refractivity (Wildman–Crippen MR) is 90.8 cm³/mol. The molecule has 0 saturated heterocycles. The van der Waals surface area contributed by atoms with E-state index in [1.54, 1.807) is 6.07 Å². The summed E-state index contributed by atoms with van der Waals surface area (Å²) < 4.78 is 30.8. The van der Waals surface area contributed by atoms with Gasteiger partial charge in [-0.05, 0) is 23.8 Å². The fourth-order valence-corrected chi connectivity index (χ4v) is 2.78. The standard InChI is InChI=1S/C16H14F2N2O4S/c1-24-15-5-2-10(6-14(15)20(22)23)8-25-9-16(21)19-11-3-4-12(17)13(18)7-11/h2-7H,8-9H2,1H3,(H,19,21). The molecule has 0 aliphatic rings. The van der Waals surface area contributed by atoms with Gasteiger partial charge >= 0.3 is 5.69 Å². The number of methoxy groups -OCH3 is 1. The van der Waals surface area contributed by atoms with E-state index < -0.39 is 16.6 Å². The molecule has 0 spiro atoms. The Morgan fingerprint density at radius 1 is 1.24 bits per heavy atom. The lowest BCUT2D eigenvalue weighted by Crippen LogP contribution is -2.14. The molecule has 1 amide bonds. The highest BCUT2D eigenvalue weighted by Gasteiger charge is 2.15. The zero-order chi connectivity index (χ0) is 18.4. The van der Waals surface area contributed by atoms with E-state index in [9.17, 15) is 23.7 Å². The summed E-state index contributed by atoms with van der Waals surface area (Å²) in [6.45, 7) is 0. The van der Waals surface area contributed by atoms with Gasteiger partial charge in [0.2, 0.25) is 5.91 Å². The van der Waals surface area contributed by atoms with Crippen LogP contribution in [0.2, 0.25) is 0 Å². The van der Waals surface area contributed by atoms with Crippen molar-refractivity contribution in [2.45, 2.75) is 5.75 Å². The molecule has 6 nitrogen and oxygen atoms in total. The second-order valence-corrected chi connectivity index (χ2v) is 5.92. The number of anilines is 1. The molecule has 2 aromatic carbocycles. The van der Waals surface area contributed by atoms with Crippen molar-refractivity contribution in [2.75, 3.05) is 18.2 Å². The molecule has 0 atom stereocenters. The van der Waals surface area contributed by atoms with Crippen molar-refractivity contribution in [3.8, 4) is 5.75 Å². The van der Waals surface area contributed by atoms with Crippen molar-refractivity contribution < 1.29 is 23.2 Å². The van der Waals surface area contributed by atoms with E-state index in [0.29, 0.717) is 11.3 Å². The molecule has 132 valence electrons. The lowest BCUT2D eigenvalue weighted by Gasteiger charge is -2.07. The number of benzene rings is 2. The van der Waals surface area contributed by atoms with E-state index in [1.807, 2.05) is 0 Å². The number of carbonyl (C=O) groups is 1. The van der Waals surface area contributed by atoms with E-state index in [4.69, 9.17) is 4.74 Å². The van der Waals surface area contributed by atoms with Crippen molar-refractivity contribution in [1.82, 2.24) is 0 Å². The van der Waals surface area contributed by atoms with Crippen LogP contribution in [0.1, 0.15) is 5.56 Å². The van der Waals surface area contributed by atoms with Crippen LogP contribution in [-0.4, -0.2) is 23.7 Å². The highest BCUT2D eigenvalue weighted by Crippen LogP contribution is 2.29. The molecule has 0 unspecified atom stereocenters. The molecule has 0 fully saturated rings. The van der Waals surface area contributed by atoms with Crippen LogP contribution in [0.4, 0.5) is 20.2 Å². The molecule has 25 heavy (non-hydrogen) atoms. The van der Waals surface area contributed by atoms with E-state index in [0.717, 1.165) is 12.1 Å². The molecule has 0 radical (unpaired) electrons. The van der Waals surface area contributed by atoms with Gasteiger partial charge in [0.05, 0.1) is 17.8 Å². The van der Waals surface area contributed by atoms with E-state index in [-0.39, 0.29) is 28.8 Å². The first-order valence-electron chi connectivity index (χ1n) is 7.04. The molecule has 9 heteroatoms. The van der Waals surface area contributed by atoms with Crippen molar-refractivity contribution in [3.05, 3.63) is 63.7 Å². The number of thioether (sulfide) groups is 1. The van der Waals surface area contributed by atoms with Crippen molar-refractivity contribution in [3.63, 3.8) is 0 Å². The number of hydrogen-bond acceptors (Lipinski definition) is 5. The summed E-state index contributed by atoms with van der Waals surface area (Å²) in [5, 5.41) is 13.4. The van der Waals surface area contributed by atoms with Crippen LogP contribution in [-0.2, 0) is 10.5 Å². The maximum atomic E-state index is 13.1. The Morgan fingerprint density at radius 2 is 2.00 bits per heavy atom. The molecule has 2 aromatic rings. The summed E-state index contributed by atoms with van der Waals surface area (Å²) in [7, 11) is 1.35. The zero-order valence-electron chi connectivity index (χ0n) is 13.1. The SMILES string of the molecule is COc1ccc(CSCC(=O)Nc2ccc(F)c(F)c2)cc1[N+](=O)[O-]. The Kier molecular flexibility index (Phi) is 6.29. The molecule has 0 bridgehead atoms. The van der Waals surface area contributed by atoms with Gasteiger partial charge in [-0.2, -0.15) is 0 Å². The molecular formula is C16H14F2N2O4S. The van der Waals surface area contributed by atoms with Crippen molar-refractivity contribution in [2.24, 2.45) is 0 Å². The summed E-state index contributed by atoms with van der Waals surface area (Å²) in [6, 6.07) is 7.63. The largest absolute Gasteiger partial charge is 0.490 e. The average molecular weight is 368 g/mol. The Balaban J connectivity index is 1.89. The maximum absolute atomic E-state index is 13.1. The number of rotatable bonds is 7. The topological polar surface area (TPSA) is 81.5 Å². The summed E-state index contributed by atoms with van der Waals surface area (Å²) in [5.41, 5.74) is 0.676. The zero-order valence-corrected chi connectivity index (χ0v) is 13.9. The first-order valence-corrected chi connectivity index (χ1v) is 8.20. The van der Waals surface area contributed by atoms with E-state index in [2.05, 4.69) is 5.32 Å². The normalized spacial score (nSPS) is 10.4. The van der Waals surface area contributed by atoms with Crippen molar-refractivity contribution >= 4 is 29.0 Å². The molecule has 2 rings (SSSR count). The minimum absolute atomic E-state index is 0.0544. The second kappa shape index (κ2) is 8.43. The highest BCUT2D eigenvalue weighted by atomic mass is 32.2. The van der Waals surface area contributed by atoms with E-state index >= 15 is 0 Å². The molecule has 1 N–H and O–H groups in total. The molecular weight excluding hydrogens is 354 g/mol. The van der Waals surface area contributed by atoms with Crippen LogP contribution >= 0.6 is 11.8 Å². The van der Waals surface area contributed by atoms with E-state index in [1.165, 1.54) is 37.1 Å². The maximum Gasteiger partial charge on any atom is 0.311 e. The molecule has 0 heterocycles. The Hall–Kier alpha value is -2.68. The lowest BCUT2D eigenvalue weighted by atomic mass is 10.2. The monoisotopic (exact) mass is 368 g/mol. The number of nitrogens with zero attached hydrogens (tertiary/aromatic N) is 1. The second-order valence-electron chi connectivity index (χ2n) is 4.93. The first-order chi connectivity index (χ1) is 11.9. The average Bonchev–Trinajstić information content (AvgIpc) is 2.58.